The molecule has 3 aromatic carbocycles. The molecule has 29 heavy (non-hydrogen) atoms. The number of nitrogens with one attached hydrogen (secondary N) is 1. The first-order valence-electron chi connectivity index (χ1n) is 9.11. The average molecular weight is 391 g/mol. The summed E-state index contributed by atoms with van der Waals surface area (Å²) >= 11 is 0. The van der Waals surface area contributed by atoms with E-state index in [1.807, 2.05) is 48.5 Å². The molecule has 2 N–H and O–H groups in total. The van der Waals surface area contributed by atoms with E-state index in [2.05, 4.69) is 5.32 Å². The molecule has 3 aromatic rings. The van der Waals surface area contributed by atoms with Gasteiger partial charge in [0.15, 0.2) is 0 Å². The van der Waals surface area contributed by atoms with Crippen molar-refractivity contribution in [2.75, 3.05) is 11.9 Å². The molecule has 1 aliphatic carbocycles. The van der Waals surface area contributed by atoms with Crippen molar-refractivity contribution in [3.05, 3.63) is 88.7 Å². The number of hydrogen-bond donors (Lipinski definition) is 2. The minimum atomic E-state index is -1.34. The number of carboxylic acids is 1. The second-order valence-corrected chi connectivity index (χ2v) is 6.90. The number of aromatic carboxylic acids is 1. The smallest absolute Gasteiger partial charge is 0.411 e. The van der Waals surface area contributed by atoms with Gasteiger partial charge in [-0.3, -0.25) is 5.32 Å². The summed E-state index contributed by atoms with van der Waals surface area (Å²) in [4.78, 5) is 23.7. The number of amides is 1. The minimum absolute atomic E-state index is 0.00591. The summed E-state index contributed by atoms with van der Waals surface area (Å²) in [7, 11) is 0. The molecule has 4 rings (SSSR count). The van der Waals surface area contributed by atoms with Gasteiger partial charge in [-0.25, -0.2) is 14.0 Å². The Kier molecular flexibility index (Phi) is 4.76. The van der Waals surface area contributed by atoms with Crippen molar-refractivity contribution in [3.8, 4) is 11.1 Å². The molecule has 0 atom stereocenters. The molecule has 146 valence electrons. The summed E-state index contributed by atoms with van der Waals surface area (Å²) in [6.07, 6.45) is -0.791. The van der Waals surface area contributed by atoms with Crippen LogP contribution < -0.4 is 5.32 Å². The van der Waals surface area contributed by atoms with Gasteiger partial charge in [0.05, 0.1) is 11.3 Å². The molecule has 0 fully saturated rings. The molecule has 0 heterocycles. The Hall–Kier alpha value is -3.67. The molecule has 0 spiro atoms. The van der Waals surface area contributed by atoms with Crippen LogP contribution in [0.5, 0.6) is 0 Å². The first-order valence-corrected chi connectivity index (χ1v) is 9.11. The molecule has 0 aromatic heterocycles. The van der Waals surface area contributed by atoms with Crippen LogP contribution >= 0.6 is 0 Å². The zero-order chi connectivity index (χ0) is 20.5. The van der Waals surface area contributed by atoms with Crippen molar-refractivity contribution in [2.24, 2.45) is 0 Å². The number of carboxylic acid groups (broad SMARTS) is 1. The van der Waals surface area contributed by atoms with E-state index in [-0.39, 0.29) is 29.3 Å². The van der Waals surface area contributed by atoms with Gasteiger partial charge in [-0.2, -0.15) is 0 Å². The van der Waals surface area contributed by atoms with Crippen molar-refractivity contribution < 1.29 is 23.8 Å². The summed E-state index contributed by atoms with van der Waals surface area (Å²) in [5, 5.41) is 11.7. The summed E-state index contributed by atoms with van der Waals surface area (Å²) in [6, 6.07) is 18.1. The molecule has 0 saturated carbocycles. The highest BCUT2D eigenvalue weighted by atomic mass is 19.1. The Labute approximate surface area is 166 Å². The predicted octanol–water partition coefficient (Wildman–Crippen LogP) is 5.19. The molecule has 0 saturated heterocycles. The first-order chi connectivity index (χ1) is 14.0. The largest absolute Gasteiger partial charge is 0.478 e. The molecule has 0 radical (unpaired) electrons. The van der Waals surface area contributed by atoms with Gasteiger partial charge >= 0.3 is 12.1 Å². The Morgan fingerprint density at radius 1 is 1.03 bits per heavy atom. The van der Waals surface area contributed by atoms with Crippen LogP contribution in [0, 0.1) is 12.7 Å². The Morgan fingerprint density at radius 2 is 1.62 bits per heavy atom. The molecule has 1 aliphatic rings. The van der Waals surface area contributed by atoms with Crippen LogP contribution in [0.25, 0.3) is 11.1 Å². The normalized spacial score (nSPS) is 12.2. The number of aryl methyl sites for hydroxylation is 1. The minimum Gasteiger partial charge on any atom is -0.478 e. The van der Waals surface area contributed by atoms with E-state index in [4.69, 9.17) is 4.74 Å². The van der Waals surface area contributed by atoms with E-state index in [1.165, 1.54) is 13.0 Å². The van der Waals surface area contributed by atoms with Gasteiger partial charge in [0, 0.05) is 5.92 Å². The molecular formula is C23H18FNO4. The SMILES string of the molecule is Cc1cc(NC(=O)OCC2c3ccccc3-c3ccccc32)c(C(=O)O)cc1F. The Bertz CT molecular complexity index is 1080. The highest BCUT2D eigenvalue weighted by Crippen LogP contribution is 2.44. The lowest BCUT2D eigenvalue weighted by molar-refractivity contribution is 0.0697. The van der Waals surface area contributed by atoms with Crippen molar-refractivity contribution in [3.63, 3.8) is 0 Å². The van der Waals surface area contributed by atoms with Gasteiger partial charge in [-0.1, -0.05) is 48.5 Å². The van der Waals surface area contributed by atoms with Gasteiger partial charge in [0.1, 0.15) is 12.4 Å². The van der Waals surface area contributed by atoms with Crippen molar-refractivity contribution in [2.45, 2.75) is 12.8 Å². The molecule has 0 unspecified atom stereocenters. The van der Waals surface area contributed by atoms with Crippen molar-refractivity contribution in [1.82, 2.24) is 0 Å². The van der Waals surface area contributed by atoms with Crippen molar-refractivity contribution >= 4 is 17.7 Å². The third-order valence-corrected chi connectivity index (χ3v) is 5.11. The van der Waals surface area contributed by atoms with Crippen LogP contribution in [0.15, 0.2) is 60.7 Å². The summed E-state index contributed by atoms with van der Waals surface area (Å²) in [6.45, 7) is 1.59. The maximum Gasteiger partial charge on any atom is 0.411 e. The van der Waals surface area contributed by atoms with Gasteiger partial charge in [-0.05, 0) is 46.9 Å². The first kappa shape index (κ1) is 18.7. The third-order valence-electron chi connectivity index (χ3n) is 5.11. The van der Waals surface area contributed by atoms with E-state index in [0.717, 1.165) is 28.3 Å². The van der Waals surface area contributed by atoms with Gasteiger partial charge < -0.3 is 9.84 Å². The highest BCUT2D eigenvalue weighted by Gasteiger charge is 2.29. The fraction of sp³-hybridized carbons (Fsp3) is 0.130. The molecule has 6 heteroatoms. The van der Waals surface area contributed by atoms with Crippen LogP contribution in [0.3, 0.4) is 0 Å². The number of rotatable bonds is 4. The Morgan fingerprint density at radius 3 is 2.21 bits per heavy atom. The fourth-order valence-electron chi connectivity index (χ4n) is 3.71. The third kappa shape index (κ3) is 3.45. The van der Waals surface area contributed by atoms with E-state index >= 15 is 0 Å². The fourth-order valence-corrected chi connectivity index (χ4v) is 3.71. The average Bonchev–Trinajstić information content (AvgIpc) is 3.03. The van der Waals surface area contributed by atoms with Crippen LogP contribution in [-0.4, -0.2) is 23.8 Å². The number of benzene rings is 3. The second-order valence-electron chi connectivity index (χ2n) is 6.90. The quantitative estimate of drug-likeness (QED) is 0.641. The van der Waals surface area contributed by atoms with Crippen LogP contribution in [0.1, 0.15) is 33.0 Å². The molecule has 1 amide bonds. The number of hydrogen-bond acceptors (Lipinski definition) is 3. The van der Waals surface area contributed by atoms with Crippen LogP contribution in [0.4, 0.5) is 14.9 Å². The molecular weight excluding hydrogens is 373 g/mol. The van der Waals surface area contributed by atoms with E-state index < -0.39 is 17.9 Å². The maximum atomic E-state index is 13.7. The highest BCUT2D eigenvalue weighted by molar-refractivity contribution is 5.99. The molecule has 0 bridgehead atoms. The van der Waals surface area contributed by atoms with E-state index in [1.54, 1.807) is 0 Å². The van der Waals surface area contributed by atoms with Crippen LogP contribution in [-0.2, 0) is 4.74 Å². The number of carbonyl (C=O) groups excluding carboxylic acids is 1. The van der Waals surface area contributed by atoms with E-state index in [9.17, 15) is 19.1 Å². The number of halogens is 1. The lowest BCUT2D eigenvalue weighted by atomic mass is 9.98. The van der Waals surface area contributed by atoms with Crippen molar-refractivity contribution in [1.29, 1.82) is 0 Å². The van der Waals surface area contributed by atoms with E-state index in [0.29, 0.717) is 0 Å². The van der Waals surface area contributed by atoms with Gasteiger partial charge in [0.2, 0.25) is 0 Å². The summed E-state index contributed by atoms with van der Waals surface area (Å²) in [5.74, 6) is -2.10. The topological polar surface area (TPSA) is 75.6 Å². The van der Waals surface area contributed by atoms with Crippen LogP contribution in [0.2, 0.25) is 0 Å². The number of carbonyl (C=O) groups is 2. The number of fused-ring (bicyclic) bond motifs is 3. The lowest BCUT2D eigenvalue weighted by Gasteiger charge is -2.15. The zero-order valence-electron chi connectivity index (χ0n) is 15.6. The predicted molar refractivity (Wildman–Crippen MR) is 107 cm³/mol. The van der Waals surface area contributed by atoms with Gasteiger partial charge in [-0.15, -0.1) is 0 Å². The summed E-state index contributed by atoms with van der Waals surface area (Å²) in [5.41, 5.74) is 4.26. The standard InChI is InChI=1S/C23H18FNO4/c1-13-10-21(18(22(26)27)11-20(13)24)25-23(28)29-12-19-16-8-4-2-6-14(16)15-7-3-5-9-17(15)19/h2-11,19H,12H2,1H3,(H,25,28)(H,26,27). The maximum absolute atomic E-state index is 13.7. The van der Waals surface area contributed by atoms with Gasteiger partial charge in [0.25, 0.3) is 0 Å². The lowest BCUT2D eigenvalue weighted by Crippen LogP contribution is -2.19. The number of ether oxygens (including phenoxy) is 1. The second kappa shape index (κ2) is 7.39. The monoisotopic (exact) mass is 391 g/mol. The molecule has 5 nitrogen and oxygen atoms in total. The Balaban J connectivity index is 1.53. The summed E-state index contributed by atoms with van der Waals surface area (Å²) < 4.78 is 19.1. The number of anilines is 1. The molecule has 0 aliphatic heterocycles. The zero-order valence-corrected chi connectivity index (χ0v) is 15.6.